The van der Waals surface area contributed by atoms with Gasteiger partial charge in [-0.15, -0.1) is 0 Å². The van der Waals surface area contributed by atoms with Gasteiger partial charge >= 0.3 is 5.97 Å². The lowest BCUT2D eigenvalue weighted by atomic mass is 10.3. The van der Waals surface area contributed by atoms with Crippen molar-refractivity contribution in [1.82, 2.24) is 10.0 Å². The van der Waals surface area contributed by atoms with E-state index in [4.69, 9.17) is 5.11 Å². The molecule has 0 spiro atoms. The van der Waals surface area contributed by atoms with Crippen molar-refractivity contribution in [3.63, 3.8) is 0 Å². The highest BCUT2D eigenvalue weighted by molar-refractivity contribution is 7.89. The van der Waals surface area contributed by atoms with Gasteiger partial charge in [-0.2, -0.15) is 4.72 Å². The molecule has 0 radical (unpaired) electrons. The molecule has 0 fully saturated rings. The van der Waals surface area contributed by atoms with Crippen LogP contribution in [0, 0.1) is 0 Å². The number of hydrogen-bond donors (Lipinski definition) is 3. The van der Waals surface area contributed by atoms with Gasteiger partial charge in [-0.3, -0.25) is 4.79 Å². The van der Waals surface area contributed by atoms with E-state index in [0.29, 0.717) is 6.54 Å². The molecule has 1 rings (SSSR count). The molecule has 1 atom stereocenters. The summed E-state index contributed by atoms with van der Waals surface area (Å²) in [5, 5.41) is 11.7. The fourth-order valence-electron chi connectivity index (χ4n) is 1.32. The third-order valence-corrected chi connectivity index (χ3v) is 3.74. The summed E-state index contributed by atoms with van der Waals surface area (Å²) in [7, 11) is -3.81. The topological polar surface area (TPSA) is 95.5 Å². The van der Waals surface area contributed by atoms with E-state index in [2.05, 4.69) is 10.0 Å². The number of benzene rings is 1. The molecule has 1 aromatic rings. The molecular formula is C11H16N2O4S. The van der Waals surface area contributed by atoms with Crippen molar-refractivity contribution in [2.45, 2.75) is 17.9 Å². The van der Waals surface area contributed by atoms with Gasteiger partial charge in [-0.1, -0.05) is 25.1 Å². The zero-order valence-corrected chi connectivity index (χ0v) is 10.8. The van der Waals surface area contributed by atoms with Crippen LogP contribution in [-0.4, -0.2) is 38.6 Å². The van der Waals surface area contributed by atoms with Crippen LogP contribution in [-0.2, 0) is 14.8 Å². The first-order chi connectivity index (χ1) is 8.47. The molecule has 7 heteroatoms. The molecule has 0 amide bonds. The molecule has 0 saturated carbocycles. The summed E-state index contributed by atoms with van der Waals surface area (Å²) in [5.41, 5.74) is 0. The molecule has 0 aliphatic carbocycles. The van der Waals surface area contributed by atoms with Crippen LogP contribution in [0.2, 0.25) is 0 Å². The SMILES string of the molecule is CCNC[C@H](NS(=O)(=O)c1ccccc1)C(=O)O. The maximum Gasteiger partial charge on any atom is 0.323 e. The van der Waals surface area contributed by atoms with Crippen LogP contribution in [0.3, 0.4) is 0 Å². The first-order valence-corrected chi connectivity index (χ1v) is 6.96. The summed E-state index contributed by atoms with van der Waals surface area (Å²) < 4.78 is 26.0. The molecule has 3 N–H and O–H groups in total. The molecule has 0 saturated heterocycles. The average Bonchev–Trinajstić information content (AvgIpc) is 2.35. The average molecular weight is 272 g/mol. The van der Waals surface area contributed by atoms with Crippen LogP contribution in [0.5, 0.6) is 0 Å². The number of carbonyl (C=O) groups is 1. The minimum Gasteiger partial charge on any atom is -0.480 e. The number of carboxylic acids is 1. The van der Waals surface area contributed by atoms with Crippen LogP contribution >= 0.6 is 0 Å². The minimum atomic E-state index is -3.81. The Morgan fingerprint density at radius 3 is 2.44 bits per heavy atom. The molecule has 100 valence electrons. The van der Waals surface area contributed by atoms with Gasteiger partial charge in [0.25, 0.3) is 0 Å². The molecule has 0 unspecified atom stereocenters. The van der Waals surface area contributed by atoms with E-state index in [9.17, 15) is 13.2 Å². The lowest BCUT2D eigenvalue weighted by Gasteiger charge is -2.14. The van der Waals surface area contributed by atoms with E-state index in [1.54, 1.807) is 18.2 Å². The van der Waals surface area contributed by atoms with E-state index < -0.39 is 22.0 Å². The van der Waals surface area contributed by atoms with Gasteiger partial charge in [-0.25, -0.2) is 8.42 Å². The Kier molecular flexibility index (Phi) is 5.26. The molecule has 18 heavy (non-hydrogen) atoms. The van der Waals surface area contributed by atoms with Crippen LogP contribution in [0.25, 0.3) is 0 Å². The molecule has 0 aromatic heterocycles. The zero-order valence-electron chi connectivity index (χ0n) is 9.96. The largest absolute Gasteiger partial charge is 0.480 e. The number of nitrogens with one attached hydrogen (secondary N) is 2. The number of sulfonamides is 1. The second kappa shape index (κ2) is 6.48. The zero-order chi connectivity index (χ0) is 13.6. The monoisotopic (exact) mass is 272 g/mol. The highest BCUT2D eigenvalue weighted by Gasteiger charge is 2.24. The molecule has 0 aliphatic rings. The highest BCUT2D eigenvalue weighted by atomic mass is 32.2. The second-order valence-corrected chi connectivity index (χ2v) is 5.35. The third-order valence-electron chi connectivity index (χ3n) is 2.25. The molecular weight excluding hydrogens is 256 g/mol. The standard InChI is InChI=1S/C11H16N2O4S/c1-2-12-8-10(11(14)15)13-18(16,17)9-6-4-3-5-7-9/h3-7,10,12-13H,2,8H2,1H3,(H,14,15)/t10-/m0/s1. The summed E-state index contributed by atoms with van der Waals surface area (Å²) in [5.74, 6) is -1.21. The van der Waals surface area contributed by atoms with Crippen molar-refractivity contribution in [3.8, 4) is 0 Å². The van der Waals surface area contributed by atoms with Crippen molar-refractivity contribution in [1.29, 1.82) is 0 Å². The first kappa shape index (κ1) is 14.6. The van der Waals surface area contributed by atoms with Crippen LogP contribution in [0.4, 0.5) is 0 Å². The van der Waals surface area contributed by atoms with Crippen molar-refractivity contribution in [3.05, 3.63) is 30.3 Å². The van der Waals surface area contributed by atoms with Crippen molar-refractivity contribution in [2.24, 2.45) is 0 Å². The number of carboxylic acid groups (broad SMARTS) is 1. The lowest BCUT2D eigenvalue weighted by Crippen LogP contribution is -2.47. The van der Waals surface area contributed by atoms with Crippen molar-refractivity contribution >= 4 is 16.0 Å². The normalized spacial score (nSPS) is 13.2. The van der Waals surface area contributed by atoms with Gasteiger partial charge in [-0.05, 0) is 18.7 Å². The fourth-order valence-corrected chi connectivity index (χ4v) is 2.53. The predicted octanol–water partition coefficient (Wildman–Crippen LogP) is 0.0276. The van der Waals surface area contributed by atoms with E-state index in [0.717, 1.165) is 0 Å². The van der Waals surface area contributed by atoms with E-state index in [1.165, 1.54) is 12.1 Å². The molecule has 0 aliphatic heterocycles. The smallest absolute Gasteiger partial charge is 0.323 e. The van der Waals surface area contributed by atoms with Crippen LogP contribution in [0.15, 0.2) is 35.2 Å². The summed E-state index contributed by atoms with van der Waals surface area (Å²) >= 11 is 0. The maximum atomic E-state index is 11.9. The van der Waals surface area contributed by atoms with Gasteiger partial charge < -0.3 is 10.4 Å². The second-order valence-electron chi connectivity index (χ2n) is 3.63. The Morgan fingerprint density at radius 2 is 1.94 bits per heavy atom. The Labute approximate surface area is 106 Å². The molecule has 0 bridgehead atoms. The summed E-state index contributed by atoms with van der Waals surface area (Å²) in [4.78, 5) is 11.0. The number of aliphatic carboxylic acids is 1. The fraction of sp³-hybridized carbons (Fsp3) is 0.364. The van der Waals surface area contributed by atoms with Gasteiger partial charge in [0.05, 0.1) is 4.90 Å². The first-order valence-electron chi connectivity index (χ1n) is 5.48. The highest BCUT2D eigenvalue weighted by Crippen LogP contribution is 2.07. The van der Waals surface area contributed by atoms with Crippen LogP contribution in [0.1, 0.15) is 6.92 Å². The van der Waals surface area contributed by atoms with Gasteiger partial charge in [0.2, 0.25) is 10.0 Å². The lowest BCUT2D eigenvalue weighted by molar-refractivity contribution is -0.138. The Hall–Kier alpha value is -1.44. The van der Waals surface area contributed by atoms with Crippen LogP contribution < -0.4 is 10.0 Å². The van der Waals surface area contributed by atoms with Crippen molar-refractivity contribution < 1.29 is 18.3 Å². The number of hydrogen-bond acceptors (Lipinski definition) is 4. The quantitative estimate of drug-likeness (QED) is 0.651. The molecule has 1 aromatic carbocycles. The number of rotatable bonds is 7. The third kappa shape index (κ3) is 4.10. The Bertz CT molecular complexity index is 487. The van der Waals surface area contributed by atoms with Gasteiger partial charge in [0.1, 0.15) is 6.04 Å². The number of likely N-dealkylation sites (N-methyl/N-ethyl adjacent to an activating group) is 1. The minimum absolute atomic E-state index is 0.0396. The summed E-state index contributed by atoms with van der Waals surface area (Å²) in [6.07, 6.45) is 0. The molecule has 0 heterocycles. The summed E-state index contributed by atoms with van der Waals surface area (Å²) in [6, 6.07) is 6.48. The maximum absolute atomic E-state index is 11.9. The van der Waals surface area contributed by atoms with E-state index >= 15 is 0 Å². The van der Waals surface area contributed by atoms with Gasteiger partial charge in [0.15, 0.2) is 0 Å². The van der Waals surface area contributed by atoms with E-state index in [1.807, 2.05) is 6.92 Å². The molecule has 6 nitrogen and oxygen atoms in total. The van der Waals surface area contributed by atoms with Gasteiger partial charge in [0, 0.05) is 6.54 Å². The Morgan fingerprint density at radius 1 is 1.33 bits per heavy atom. The predicted molar refractivity (Wildman–Crippen MR) is 66.7 cm³/mol. The summed E-state index contributed by atoms with van der Waals surface area (Å²) in [6.45, 7) is 2.42. The van der Waals surface area contributed by atoms with Crippen molar-refractivity contribution in [2.75, 3.05) is 13.1 Å². The van der Waals surface area contributed by atoms with E-state index in [-0.39, 0.29) is 11.4 Å². The Balaban J connectivity index is 2.83.